The van der Waals surface area contributed by atoms with E-state index in [2.05, 4.69) is 15.3 Å². The van der Waals surface area contributed by atoms with Gasteiger partial charge in [0.05, 0.1) is 19.0 Å². The standard InChI is InChI=1S/C8H12ClN3O/c1-2-13-4-3-11-8-6-10-5-7(9)12-8/h5-6H,2-4H2,1H3,(H,11,12). The van der Waals surface area contributed by atoms with Crippen molar-refractivity contribution in [2.45, 2.75) is 6.92 Å². The average molecular weight is 202 g/mol. The minimum Gasteiger partial charge on any atom is -0.380 e. The molecule has 1 N–H and O–H groups in total. The number of rotatable bonds is 5. The fourth-order valence-corrected chi connectivity index (χ4v) is 0.970. The Labute approximate surface area is 82.3 Å². The van der Waals surface area contributed by atoms with Crippen LogP contribution in [-0.4, -0.2) is 29.7 Å². The maximum Gasteiger partial charge on any atom is 0.149 e. The highest BCUT2D eigenvalue weighted by Gasteiger charge is 1.94. The van der Waals surface area contributed by atoms with Crippen LogP contribution in [-0.2, 0) is 4.74 Å². The molecule has 0 spiro atoms. The van der Waals surface area contributed by atoms with Gasteiger partial charge in [-0.3, -0.25) is 4.98 Å². The third kappa shape index (κ3) is 4.05. The molecule has 72 valence electrons. The van der Waals surface area contributed by atoms with Gasteiger partial charge in [0.1, 0.15) is 11.0 Å². The van der Waals surface area contributed by atoms with Gasteiger partial charge in [-0.2, -0.15) is 0 Å². The fourth-order valence-electron chi connectivity index (χ4n) is 0.823. The Morgan fingerprint density at radius 2 is 2.38 bits per heavy atom. The molecule has 0 saturated heterocycles. The first-order valence-corrected chi connectivity index (χ1v) is 4.50. The van der Waals surface area contributed by atoms with Gasteiger partial charge in [-0.05, 0) is 6.92 Å². The van der Waals surface area contributed by atoms with Crippen molar-refractivity contribution in [3.05, 3.63) is 17.5 Å². The summed E-state index contributed by atoms with van der Waals surface area (Å²) in [4.78, 5) is 7.89. The quantitative estimate of drug-likeness (QED) is 0.735. The SMILES string of the molecule is CCOCCNc1cncc(Cl)n1. The Kier molecular flexibility index (Phi) is 4.49. The van der Waals surface area contributed by atoms with Crippen molar-refractivity contribution in [3.63, 3.8) is 0 Å². The fraction of sp³-hybridized carbons (Fsp3) is 0.500. The van der Waals surface area contributed by atoms with Crippen LogP contribution in [0.25, 0.3) is 0 Å². The van der Waals surface area contributed by atoms with Crippen LogP contribution in [0.2, 0.25) is 5.15 Å². The van der Waals surface area contributed by atoms with Crippen molar-refractivity contribution >= 4 is 17.4 Å². The zero-order chi connectivity index (χ0) is 9.52. The molecular formula is C8H12ClN3O. The number of nitrogens with one attached hydrogen (secondary N) is 1. The number of hydrogen-bond donors (Lipinski definition) is 1. The zero-order valence-corrected chi connectivity index (χ0v) is 8.21. The van der Waals surface area contributed by atoms with E-state index in [1.54, 1.807) is 6.20 Å². The van der Waals surface area contributed by atoms with Crippen molar-refractivity contribution < 1.29 is 4.74 Å². The van der Waals surface area contributed by atoms with Gasteiger partial charge in [0.15, 0.2) is 0 Å². The second kappa shape index (κ2) is 5.72. The summed E-state index contributed by atoms with van der Waals surface area (Å²) in [5, 5.41) is 3.43. The van der Waals surface area contributed by atoms with E-state index in [9.17, 15) is 0 Å². The van der Waals surface area contributed by atoms with E-state index in [-0.39, 0.29) is 0 Å². The highest BCUT2D eigenvalue weighted by molar-refractivity contribution is 6.29. The third-order valence-electron chi connectivity index (χ3n) is 1.36. The molecule has 0 atom stereocenters. The topological polar surface area (TPSA) is 47.0 Å². The zero-order valence-electron chi connectivity index (χ0n) is 7.46. The Balaban J connectivity index is 2.28. The molecule has 1 rings (SSSR count). The molecule has 0 bridgehead atoms. The summed E-state index contributed by atoms with van der Waals surface area (Å²) in [6.07, 6.45) is 3.12. The summed E-state index contributed by atoms with van der Waals surface area (Å²) < 4.78 is 5.14. The van der Waals surface area contributed by atoms with Gasteiger partial charge in [-0.1, -0.05) is 11.6 Å². The van der Waals surface area contributed by atoms with Gasteiger partial charge < -0.3 is 10.1 Å². The highest BCUT2D eigenvalue weighted by atomic mass is 35.5. The summed E-state index contributed by atoms with van der Waals surface area (Å²) >= 11 is 5.64. The summed E-state index contributed by atoms with van der Waals surface area (Å²) in [5.74, 6) is 0.673. The third-order valence-corrected chi connectivity index (χ3v) is 1.54. The van der Waals surface area contributed by atoms with Gasteiger partial charge in [-0.15, -0.1) is 0 Å². The number of ether oxygens (including phenoxy) is 1. The van der Waals surface area contributed by atoms with Crippen LogP contribution in [0.15, 0.2) is 12.4 Å². The van der Waals surface area contributed by atoms with E-state index in [0.29, 0.717) is 24.1 Å². The molecule has 0 aromatic carbocycles. The molecule has 1 aromatic heterocycles. The minimum atomic E-state index is 0.390. The van der Waals surface area contributed by atoms with Crippen LogP contribution in [0.5, 0.6) is 0 Å². The molecule has 4 nitrogen and oxygen atoms in total. The van der Waals surface area contributed by atoms with Crippen LogP contribution in [0.3, 0.4) is 0 Å². The molecule has 0 amide bonds. The first kappa shape index (κ1) is 10.2. The van der Waals surface area contributed by atoms with Gasteiger partial charge in [0.2, 0.25) is 0 Å². The van der Waals surface area contributed by atoms with Crippen molar-refractivity contribution in [3.8, 4) is 0 Å². The normalized spacial score (nSPS) is 10.0. The van der Waals surface area contributed by atoms with Gasteiger partial charge in [0.25, 0.3) is 0 Å². The van der Waals surface area contributed by atoms with Crippen molar-refractivity contribution in [2.24, 2.45) is 0 Å². The maximum absolute atomic E-state index is 5.64. The number of halogens is 1. The molecule has 1 aromatic rings. The van der Waals surface area contributed by atoms with E-state index in [1.165, 1.54) is 6.20 Å². The van der Waals surface area contributed by atoms with Crippen LogP contribution < -0.4 is 5.32 Å². The molecule has 0 aliphatic heterocycles. The summed E-state index contributed by atoms with van der Waals surface area (Å²) in [6.45, 7) is 4.05. The Morgan fingerprint density at radius 3 is 3.08 bits per heavy atom. The van der Waals surface area contributed by atoms with Crippen LogP contribution in [0, 0.1) is 0 Å². The minimum absolute atomic E-state index is 0.390. The maximum atomic E-state index is 5.64. The monoisotopic (exact) mass is 201 g/mol. The first-order valence-electron chi connectivity index (χ1n) is 4.12. The number of nitrogens with zero attached hydrogens (tertiary/aromatic N) is 2. The van der Waals surface area contributed by atoms with E-state index < -0.39 is 0 Å². The summed E-state index contributed by atoms with van der Waals surface area (Å²) in [5.41, 5.74) is 0. The highest BCUT2D eigenvalue weighted by Crippen LogP contribution is 2.05. The second-order valence-corrected chi connectivity index (χ2v) is 2.74. The molecule has 0 aliphatic carbocycles. The van der Waals surface area contributed by atoms with E-state index in [4.69, 9.17) is 16.3 Å². The molecule has 5 heteroatoms. The molecule has 0 fully saturated rings. The van der Waals surface area contributed by atoms with Crippen molar-refractivity contribution in [1.82, 2.24) is 9.97 Å². The van der Waals surface area contributed by atoms with Crippen LogP contribution in [0.1, 0.15) is 6.92 Å². The van der Waals surface area contributed by atoms with Crippen molar-refractivity contribution in [1.29, 1.82) is 0 Å². The van der Waals surface area contributed by atoms with Crippen LogP contribution >= 0.6 is 11.6 Å². The smallest absolute Gasteiger partial charge is 0.149 e. The molecule has 0 unspecified atom stereocenters. The lowest BCUT2D eigenvalue weighted by atomic mass is 10.6. The van der Waals surface area contributed by atoms with Gasteiger partial charge >= 0.3 is 0 Å². The van der Waals surface area contributed by atoms with Crippen LogP contribution in [0.4, 0.5) is 5.82 Å². The molecule has 1 heterocycles. The summed E-state index contributed by atoms with van der Waals surface area (Å²) in [7, 11) is 0. The lowest BCUT2D eigenvalue weighted by Gasteiger charge is -2.04. The first-order chi connectivity index (χ1) is 6.33. The number of anilines is 1. The second-order valence-electron chi connectivity index (χ2n) is 2.35. The molecular weight excluding hydrogens is 190 g/mol. The molecule has 13 heavy (non-hydrogen) atoms. The number of aromatic nitrogens is 2. The largest absolute Gasteiger partial charge is 0.380 e. The van der Waals surface area contributed by atoms with E-state index in [1.807, 2.05) is 6.92 Å². The Morgan fingerprint density at radius 1 is 1.54 bits per heavy atom. The Hall–Kier alpha value is -0.870. The molecule has 0 radical (unpaired) electrons. The van der Waals surface area contributed by atoms with Crippen molar-refractivity contribution in [2.75, 3.05) is 25.1 Å². The predicted octanol–water partition coefficient (Wildman–Crippen LogP) is 1.58. The van der Waals surface area contributed by atoms with Gasteiger partial charge in [0, 0.05) is 13.2 Å². The summed E-state index contributed by atoms with van der Waals surface area (Å²) in [6, 6.07) is 0. The predicted molar refractivity (Wildman–Crippen MR) is 52.0 cm³/mol. The Bertz CT molecular complexity index is 257. The van der Waals surface area contributed by atoms with E-state index >= 15 is 0 Å². The number of hydrogen-bond acceptors (Lipinski definition) is 4. The van der Waals surface area contributed by atoms with E-state index in [0.717, 1.165) is 6.61 Å². The lowest BCUT2D eigenvalue weighted by Crippen LogP contribution is -2.10. The molecule has 0 aliphatic rings. The molecule has 0 saturated carbocycles. The van der Waals surface area contributed by atoms with Gasteiger partial charge in [-0.25, -0.2) is 4.98 Å². The average Bonchev–Trinajstić information content (AvgIpc) is 2.13. The lowest BCUT2D eigenvalue weighted by molar-refractivity contribution is 0.158.